The van der Waals surface area contributed by atoms with E-state index in [0.717, 1.165) is 11.1 Å². The second kappa shape index (κ2) is 9.23. The maximum Gasteiger partial charge on any atom is 0.267 e. The fourth-order valence-electron chi connectivity index (χ4n) is 2.54. The predicted molar refractivity (Wildman–Crippen MR) is 106 cm³/mol. The Morgan fingerprint density at radius 1 is 1.25 bits per heavy atom. The lowest BCUT2D eigenvalue weighted by Gasteiger charge is -2.11. The van der Waals surface area contributed by atoms with Gasteiger partial charge in [-0.05, 0) is 31.5 Å². The first-order valence-electron chi connectivity index (χ1n) is 8.66. The largest absolute Gasteiger partial charge is 0.493 e. The van der Waals surface area contributed by atoms with E-state index in [4.69, 9.17) is 30.4 Å². The maximum absolute atomic E-state index is 6.23. The molecule has 0 radical (unpaired) electrons. The summed E-state index contributed by atoms with van der Waals surface area (Å²) in [6.45, 7) is 4.40. The van der Waals surface area contributed by atoms with Crippen LogP contribution in [-0.2, 0) is 11.4 Å². The molecule has 146 valence electrons. The highest BCUT2D eigenvalue weighted by atomic mass is 35.5. The molecule has 0 bridgehead atoms. The summed E-state index contributed by atoms with van der Waals surface area (Å²) in [7, 11) is 1.55. The average Bonchev–Trinajstić information content (AvgIpc) is 3.16. The van der Waals surface area contributed by atoms with Gasteiger partial charge in [0.2, 0.25) is 5.82 Å². The molecule has 0 aliphatic heterocycles. The summed E-state index contributed by atoms with van der Waals surface area (Å²) in [6.07, 6.45) is 1.52. The molecular weight excluding hydrogens is 382 g/mol. The first-order chi connectivity index (χ1) is 13.6. The van der Waals surface area contributed by atoms with E-state index < -0.39 is 0 Å². The van der Waals surface area contributed by atoms with E-state index in [0.29, 0.717) is 40.4 Å². The molecule has 2 aromatic carbocycles. The van der Waals surface area contributed by atoms with Crippen LogP contribution in [-0.4, -0.2) is 30.1 Å². The quantitative estimate of drug-likeness (QED) is 0.403. The normalized spacial score (nSPS) is 11.0. The van der Waals surface area contributed by atoms with Crippen LogP contribution in [0.25, 0.3) is 11.4 Å². The Kier molecular flexibility index (Phi) is 6.49. The third kappa shape index (κ3) is 4.61. The highest BCUT2D eigenvalue weighted by Crippen LogP contribution is 2.36. The van der Waals surface area contributed by atoms with Gasteiger partial charge in [0.15, 0.2) is 18.1 Å². The predicted octanol–water partition coefficient (Wildman–Crippen LogP) is 4.66. The summed E-state index contributed by atoms with van der Waals surface area (Å²) >= 11 is 6.23. The zero-order valence-corrected chi connectivity index (χ0v) is 16.6. The Balaban J connectivity index is 1.63. The summed E-state index contributed by atoms with van der Waals surface area (Å²) in [6, 6.07) is 11.3. The van der Waals surface area contributed by atoms with Gasteiger partial charge in [-0.15, -0.1) is 0 Å². The average molecular weight is 402 g/mol. The molecule has 3 aromatic rings. The molecule has 1 aromatic heterocycles. The number of ether oxygens (including phenoxy) is 2. The second-order valence-corrected chi connectivity index (χ2v) is 6.21. The molecule has 0 aliphatic rings. The number of rotatable bonds is 8. The van der Waals surface area contributed by atoms with Crippen molar-refractivity contribution in [2.75, 3.05) is 13.7 Å². The van der Waals surface area contributed by atoms with Gasteiger partial charge < -0.3 is 18.8 Å². The van der Waals surface area contributed by atoms with Gasteiger partial charge in [0.25, 0.3) is 5.89 Å². The lowest BCUT2D eigenvalue weighted by Crippen LogP contribution is -1.97. The number of hydrogen-bond acceptors (Lipinski definition) is 7. The number of benzene rings is 2. The van der Waals surface area contributed by atoms with E-state index in [1.807, 2.05) is 38.1 Å². The van der Waals surface area contributed by atoms with Crippen LogP contribution in [0.4, 0.5) is 0 Å². The molecule has 7 nitrogen and oxygen atoms in total. The van der Waals surface area contributed by atoms with Crippen LogP contribution in [0.1, 0.15) is 23.9 Å². The number of nitrogens with zero attached hydrogens (tertiary/aromatic N) is 3. The van der Waals surface area contributed by atoms with Crippen LogP contribution in [0, 0.1) is 6.92 Å². The molecule has 28 heavy (non-hydrogen) atoms. The van der Waals surface area contributed by atoms with E-state index in [1.54, 1.807) is 19.2 Å². The van der Waals surface area contributed by atoms with E-state index in [-0.39, 0.29) is 6.61 Å². The topological polar surface area (TPSA) is 79.0 Å². The lowest BCUT2D eigenvalue weighted by atomic mass is 10.1. The maximum atomic E-state index is 6.23. The van der Waals surface area contributed by atoms with Crippen molar-refractivity contribution < 1.29 is 18.8 Å². The lowest BCUT2D eigenvalue weighted by molar-refractivity contribution is 0.107. The molecular formula is C20H20ClN3O4. The molecule has 0 saturated heterocycles. The van der Waals surface area contributed by atoms with Crippen LogP contribution >= 0.6 is 11.6 Å². The second-order valence-electron chi connectivity index (χ2n) is 5.80. The van der Waals surface area contributed by atoms with Crippen molar-refractivity contribution in [1.29, 1.82) is 0 Å². The Hall–Kier alpha value is -3.06. The third-order valence-electron chi connectivity index (χ3n) is 3.86. The van der Waals surface area contributed by atoms with Crippen LogP contribution in [0.5, 0.6) is 11.5 Å². The van der Waals surface area contributed by atoms with Crippen molar-refractivity contribution in [3.8, 4) is 22.9 Å². The number of aromatic nitrogens is 2. The number of halogens is 1. The SMILES string of the molecule is CCOc1c(Cl)cc(/C=N\OCc2nc(-c3ccccc3C)no2)cc1OC. The van der Waals surface area contributed by atoms with Crippen LogP contribution in [0.15, 0.2) is 46.1 Å². The number of methoxy groups -OCH3 is 1. The fourth-order valence-corrected chi connectivity index (χ4v) is 2.81. The van der Waals surface area contributed by atoms with Crippen molar-refractivity contribution in [2.45, 2.75) is 20.5 Å². The van der Waals surface area contributed by atoms with E-state index in [9.17, 15) is 0 Å². The molecule has 0 unspecified atom stereocenters. The van der Waals surface area contributed by atoms with Crippen molar-refractivity contribution >= 4 is 17.8 Å². The first kappa shape index (κ1) is 19.7. The van der Waals surface area contributed by atoms with Gasteiger partial charge in [0, 0.05) is 11.1 Å². The van der Waals surface area contributed by atoms with E-state index in [2.05, 4.69) is 15.3 Å². The van der Waals surface area contributed by atoms with E-state index in [1.165, 1.54) is 6.21 Å². The van der Waals surface area contributed by atoms with Gasteiger partial charge in [-0.3, -0.25) is 0 Å². The molecule has 0 fully saturated rings. The zero-order chi connectivity index (χ0) is 19.9. The number of aryl methyl sites for hydroxylation is 1. The van der Waals surface area contributed by atoms with Gasteiger partial charge in [-0.1, -0.05) is 46.2 Å². The van der Waals surface area contributed by atoms with Crippen molar-refractivity contribution in [3.05, 3.63) is 58.4 Å². The number of hydrogen-bond donors (Lipinski definition) is 0. The summed E-state index contributed by atoms with van der Waals surface area (Å²) in [5, 5.41) is 8.33. The molecule has 8 heteroatoms. The highest BCUT2D eigenvalue weighted by molar-refractivity contribution is 6.32. The fraction of sp³-hybridized carbons (Fsp3) is 0.250. The summed E-state index contributed by atoms with van der Waals surface area (Å²) in [5.41, 5.74) is 2.68. The molecule has 0 aliphatic carbocycles. The van der Waals surface area contributed by atoms with Crippen LogP contribution in [0.2, 0.25) is 5.02 Å². The Morgan fingerprint density at radius 2 is 2.07 bits per heavy atom. The molecule has 0 saturated carbocycles. The molecule has 1 heterocycles. The summed E-state index contributed by atoms with van der Waals surface area (Å²) in [4.78, 5) is 9.58. The summed E-state index contributed by atoms with van der Waals surface area (Å²) < 4.78 is 16.0. The van der Waals surface area contributed by atoms with Gasteiger partial charge in [0.05, 0.1) is 25.0 Å². The number of oxime groups is 1. The van der Waals surface area contributed by atoms with E-state index >= 15 is 0 Å². The highest BCUT2D eigenvalue weighted by Gasteiger charge is 2.12. The molecule has 0 spiro atoms. The van der Waals surface area contributed by atoms with Gasteiger partial charge in [0.1, 0.15) is 0 Å². The van der Waals surface area contributed by atoms with Crippen molar-refractivity contribution in [2.24, 2.45) is 5.16 Å². The van der Waals surface area contributed by atoms with Crippen LogP contribution in [0.3, 0.4) is 0 Å². The van der Waals surface area contributed by atoms with Gasteiger partial charge >= 0.3 is 0 Å². The molecule has 3 rings (SSSR count). The monoisotopic (exact) mass is 401 g/mol. The zero-order valence-electron chi connectivity index (χ0n) is 15.8. The molecule has 0 atom stereocenters. The molecule has 0 amide bonds. The standard InChI is InChI=1S/C20H20ClN3O4/c1-4-26-19-16(21)9-14(10-17(19)25-3)11-22-27-12-18-23-20(24-28-18)15-8-6-5-7-13(15)2/h5-11H,4,12H2,1-3H3/b22-11-. The Labute approximate surface area is 167 Å². The third-order valence-corrected chi connectivity index (χ3v) is 4.14. The molecule has 0 N–H and O–H groups in total. The summed E-state index contributed by atoms with van der Waals surface area (Å²) in [5.74, 6) is 1.87. The minimum Gasteiger partial charge on any atom is -0.493 e. The van der Waals surface area contributed by atoms with Gasteiger partial charge in [-0.2, -0.15) is 4.98 Å². The van der Waals surface area contributed by atoms with Crippen molar-refractivity contribution in [3.63, 3.8) is 0 Å². The minimum atomic E-state index is 0.0529. The smallest absolute Gasteiger partial charge is 0.267 e. The minimum absolute atomic E-state index is 0.0529. The van der Waals surface area contributed by atoms with Gasteiger partial charge in [-0.25, -0.2) is 0 Å². The Morgan fingerprint density at radius 3 is 2.82 bits per heavy atom. The first-order valence-corrected chi connectivity index (χ1v) is 9.04. The Bertz CT molecular complexity index is 972. The van der Waals surface area contributed by atoms with Crippen LogP contribution < -0.4 is 9.47 Å². The van der Waals surface area contributed by atoms with Crippen molar-refractivity contribution in [1.82, 2.24) is 10.1 Å².